The van der Waals surface area contributed by atoms with E-state index in [0.29, 0.717) is 28.4 Å². The first-order valence-electron chi connectivity index (χ1n) is 12.2. The molecular formula is C30H29NO6S. The van der Waals surface area contributed by atoms with Gasteiger partial charge in [-0.2, -0.15) is 5.26 Å². The van der Waals surface area contributed by atoms with E-state index in [1.54, 1.807) is 45.0 Å². The number of carbonyl (C=O) groups is 3. The van der Waals surface area contributed by atoms with E-state index in [1.165, 1.54) is 11.6 Å². The minimum Gasteiger partial charge on any atom is -0.489 e. The highest BCUT2D eigenvalue weighted by atomic mass is 32.1. The largest absolute Gasteiger partial charge is 0.489 e. The van der Waals surface area contributed by atoms with Gasteiger partial charge in [0.2, 0.25) is 0 Å². The van der Waals surface area contributed by atoms with Crippen LogP contribution in [0.15, 0.2) is 54.1 Å². The van der Waals surface area contributed by atoms with Crippen LogP contribution in [0, 0.1) is 25.2 Å². The summed E-state index contributed by atoms with van der Waals surface area (Å²) in [6.45, 7) is 7.75. The van der Waals surface area contributed by atoms with Gasteiger partial charge in [0.1, 0.15) is 23.3 Å². The van der Waals surface area contributed by atoms with Gasteiger partial charge in [-0.05, 0) is 62.6 Å². The highest BCUT2D eigenvalue weighted by Crippen LogP contribution is 2.31. The summed E-state index contributed by atoms with van der Waals surface area (Å²) in [4.78, 5) is 38.6. The van der Waals surface area contributed by atoms with Gasteiger partial charge < -0.3 is 14.2 Å². The molecule has 0 saturated heterocycles. The molecule has 3 aromatic rings. The molecule has 8 heteroatoms. The molecule has 1 aromatic heterocycles. The SMILES string of the molecule is CCOC(=O)c1sc(CC(=O)C(C#N)=Cc2ccc(OCc3ccc(C)cc3)cc2)c(C(=O)OCC)c1C. The van der Waals surface area contributed by atoms with E-state index in [4.69, 9.17) is 14.2 Å². The molecule has 2 aromatic carbocycles. The second-order valence-corrected chi connectivity index (χ2v) is 9.51. The van der Waals surface area contributed by atoms with Crippen molar-refractivity contribution >= 4 is 35.1 Å². The van der Waals surface area contributed by atoms with Gasteiger partial charge in [-0.15, -0.1) is 11.3 Å². The molecule has 0 aliphatic rings. The van der Waals surface area contributed by atoms with Crippen LogP contribution in [0.2, 0.25) is 0 Å². The fourth-order valence-electron chi connectivity index (χ4n) is 3.65. The van der Waals surface area contributed by atoms with Crippen LogP contribution in [0.25, 0.3) is 6.08 Å². The molecule has 0 saturated carbocycles. The van der Waals surface area contributed by atoms with E-state index in [1.807, 2.05) is 37.3 Å². The van der Waals surface area contributed by atoms with E-state index in [9.17, 15) is 19.6 Å². The van der Waals surface area contributed by atoms with E-state index in [2.05, 4.69) is 0 Å². The van der Waals surface area contributed by atoms with Crippen molar-refractivity contribution in [2.75, 3.05) is 13.2 Å². The fourth-order valence-corrected chi connectivity index (χ4v) is 4.84. The number of ketones is 1. The van der Waals surface area contributed by atoms with Gasteiger partial charge in [0.05, 0.1) is 24.4 Å². The summed E-state index contributed by atoms with van der Waals surface area (Å²) in [7, 11) is 0. The number of Topliss-reactive ketones (excluding diaryl/α,β-unsaturated/α-hetero) is 1. The molecular weight excluding hydrogens is 502 g/mol. The maximum absolute atomic E-state index is 13.1. The second kappa shape index (κ2) is 13.4. The number of ether oxygens (including phenoxy) is 3. The van der Waals surface area contributed by atoms with Crippen molar-refractivity contribution in [3.05, 3.63) is 91.7 Å². The third-order valence-corrected chi connectivity index (χ3v) is 6.89. The van der Waals surface area contributed by atoms with Gasteiger partial charge in [-0.25, -0.2) is 9.59 Å². The predicted molar refractivity (Wildman–Crippen MR) is 145 cm³/mol. The van der Waals surface area contributed by atoms with Crippen molar-refractivity contribution in [2.45, 2.75) is 40.7 Å². The van der Waals surface area contributed by atoms with Crippen LogP contribution in [-0.4, -0.2) is 30.9 Å². The molecule has 3 rings (SSSR count). The summed E-state index contributed by atoms with van der Waals surface area (Å²) >= 11 is 1.01. The molecule has 0 aliphatic carbocycles. The molecule has 7 nitrogen and oxygen atoms in total. The van der Waals surface area contributed by atoms with Gasteiger partial charge in [0.15, 0.2) is 5.78 Å². The van der Waals surface area contributed by atoms with Crippen LogP contribution in [0.3, 0.4) is 0 Å². The minimum atomic E-state index is -0.622. The average molecular weight is 532 g/mol. The second-order valence-electron chi connectivity index (χ2n) is 8.41. The van der Waals surface area contributed by atoms with Crippen molar-refractivity contribution in [3.63, 3.8) is 0 Å². The maximum Gasteiger partial charge on any atom is 0.348 e. The Morgan fingerprint density at radius 3 is 2.16 bits per heavy atom. The monoisotopic (exact) mass is 531 g/mol. The molecule has 0 radical (unpaired) electrons. The number of carbonyl (C=O) groups excluding carboxylic acids is 3. The number of nitrogens with zero attached hydrogens (tertiary/aromatic N) is 1. The summed E-state index contributed by atoms with van der Waals surface area (Å²) in [5, 5.41) is 9.67. The molecule has 38 heavy (non-hydrogen) atoms. The highest BCUT2D eigenvalue weighted by molar-refractivity contribution is 7.14. The van der Waals surface area contributed by atoms with Crippen LogP contribution in [0.4, 0.5) is 0 Å². The van der Waals surface area contributed by atoms with Gasteiger partial charge in [-0.3, -0.25) is 4.79 Å². The number of allylic oxidation sites excluding steroid dienone is 1. The van der Waals surface area contributed by atoms with Crippen molar-refractivity contribution in [1.29, 1.82) is 5.26 Å². The van der Waals surface area contributed by atoms with Gasteiger partial charge in [0, 0.05) is 11.3 Å². The Bertz CT molecular complexity index is 1380. The Hall–Kier alpha value is -4.22. The summed E-state index contributed by atoms with van der Waals surface area (Å²) in [6.07, 6.45) is 1.26. The Balaban J connectivity index is 1.77. The lowest BCUT2D eigenvalue weighted by molar-refractivity contribution is -0.114. The smallest absolute Gasteiger partial charge is 0.348 e. The van der Waals surface area contributed by atoms with Crippen molar-refractivity contribution < 1.29 is 28.6 Å². The van der Waals surface area contributed by atoms with E-state index < -0.39 is 17.7 Å². The summed E-state index contributed by atoms with van der Waals surface area (Å²) in [5.41, 5.74) is 3.38. The molecule has 0 amide bonds. The fraction of sp³-hybridized carbons (Fsp3) is 0.267. The van der Waals surface area contributed by atoms with Crippen LogP contribution >= 0.6 is 11.3 Å². The lowest BCUT2D eigenvalue weighted by atomic mass is 10.0. The first-order chi connectivity index (χ1) is 18.3. The molecule has 0 unspecified atom stereocenters. The number of hydrogen-bond acceptors (Lipinski definition) is 8. The van der Waals surface area contributed by atoms with Crippen LogP contribution in [0.1, 0.15) is 61.0 Å². The van der Waals surface area contributed by atoms with E-state index in [0.717, 1.165) is 16.9 Å². The van der Waals surface area contributed by atoms with Crippen LogP contribution < -0.4 is 4.74 Å². The predicted octanol–water partition coefficient (Wildman–Crippen LogP) is 6.02. The summed E-state index contributed by atoms with van der Waals surface area (Å²) in [6, 6.07) is 17.1. The van der Waals surface area contributed by atoms with Crippen LogP contribution in [0.5, 0.6) is 5.75 Å². The number of benzene rings is 2. The molecule has 0 aliphatic heterocycles. The molecule has 0 atom stereocenters. The van der Waals surface area contributed by atoms with Crippen LogP contribution in [-0.2, 0) is 27.3 Å². The lowest BCUT2D eigenvalue weighted by Gasteiger charge is -2.07. The highest BCUT2D eigenvalue weighted by Gasteiger charge is 2.28. The number of aryl methyl sites for hydroxylation is 1. The third kappa shape index (κ3) is 7.17. The molecule has 0 fully saturated rings. The lowest BCUT2D eigenvalue weighted by Crippen LogP contribution is -2.12. The Labute approximate surface area is 226 Å². The first kappa shape index (κ1) is 28.4. The quantitative estimate of drug-likeness (QED) is 0.169. The first-order valence-corrected chi connectivity index (χ1v) is 13.0. The summed E-state index contributed by atoms with van der Waals surface area (Å²) < 4.78 is 16.0. The molecule has 0 N–H and O–H groups in total. The number of thiophene rings is 1. The number of rotatable bonds is 11. The van der Waals surface area contributed by atoms with Gasteiger partial charge in [0.25, 0.3) is 0 Å². The Kier molecular flexibility index (Phi) is 9.97. The minimum absolute atomic E-state index is 0.0723. The molecule has 0 bridgehead atoms. The topological polar surface area (TPSA) is 103 Å². The standard InChI is InChI=1S/C30H29NO6S/c1-5-35-29(33)27-20(4)28(30(34)36-6-2)38-26(27)16-25(32)23(17-31)15-21-11-13-24(14-12-21)37-18-22-9-7-19(3)8-10-22/h7-15H,5-6,16,18H2,1-4H3. The number of nitriles is 1. The normalized spacial score (nSPS) is 11.0. The zero-order chi connectivity index (χ0) is 27.7. The Morgan fingerprint density at radius 2 is 1.55 bits per heavy atom. The molecule has 196 valence electrons. The Morgan fingerprint density at radius 1 is 0.921 bits per heavy atom. The van der Waals surface area contributed by atoms with E-state index in [-0.39, 0.29) is 35.6 Å². The number of esters is 2. The van der Waals surface area contributed by atoms with Crippen molar-refractivity contribution in [2.24, 2.45) is 0 Å². The van der Waals surface area contributed by atoms with Crippen molar-refractivity contribution in [3.8, 4) is 11.8 Å². The summed E-state index contributed by atoms with van der Waals surface area (Å²) in [5.74, 6) is -1.01. The zero-order valence-corrected chi connectivity index (χ0v) is 22.6. The zero-order valence-electron chi connectivity index (χ0n) is 21.8. The average Bonchev–Trinajstić information content (AvgIpc) is 3.23. The van der Waals surface area contributed by atoms with Crippen molar-refractivity contribution in [1.82, 2.24) is 0 Å². The maximum atomic E-state index is 13.1. The molecule has 1 heterocycles. The van der Waals surface area contributed by atoms with Gasteiger partial charge in [-0.1, -0.05) is 42.0 Å². The van der Waals surface area contributed by atoms with Gasteiger partial charge >= 0.3 is 11.9 Å². The van der Waals surface area contributed by atoms with E-state index >= 15 is 0 Å². The third-order valence-electron chi connectivity index (χ3n) is 5.62. The number of hydrogen-bond donors (Lipinski definition) is 0. The molecule has 0 spiro atoms.